The van der Waals surface area contributed by atoms with E-state index in [-0.39, 0.29) is 0 Å². The van der Waals surface area contributed by atoms with Crippen LogP contribution in [0.3, 0.4) is 0 Å². The molecule has 0 radical (unpaired) electrons. The van der Waals surface area contributed by atoms with Gasteiger partial charge in [-0.1, -0.05) is 0 Å². The van der Waals surface area contributed by atoms with Crippen molar-refractivity contribution in [2.45, 2.75) is 44.3 Å². The van der Waals surface area contributed by atoms with E-state index in [4.69, 9.17) is 20.9 Å². The molecule has 0 heterocycles. The maximum Gasteiger partial charge on any atom is 0.315 e. The zero-order valence-electron chi connectivity index (χ0n) is 10.3. The molecule has 1 rings (SSSR count). The van der Waals surface area contributed by atoms with Gasteiger partial charge in [-0.2, -0.15) is 0 Å². The highest BCUT2D eigenvalue weighted by Crippen LogP contribution is 2.25. The number of hydrogen-bond donors (Lipinski definition) is 2. The number of esters is 2. The average Bonchev–Trinajstić information content (AvgIpc) is 2.62. The van der Waals surface area contributed by atoms with Crippen LogP contribution in [0.4, 0.5) is 0 Å². The molecule has 8 nitrogen and oxygen atoms in total. The van der Waals surface area contributed by atoms with Gasteiger partial charge in [0.1, 0.15) is 25.0 Å². The van der Waals surface area contributed by atoms with Gasteiger partial charge >= 0.3 is 11.9 Å². The van der Waals surface area contributed by atoms with Gasteiger partial charge in [0.2, 0.25) is 11.8 Å². The van der Waals surface area contributed by atoms with Crippen molar-refractivity contribution in [2.24, 2.45) is 11.5 Å². The Morgan fingerprint density at radius 2 is 1.21 bits per heavy atom. The zero-order chi connectivity index (χ0) is 14.4. The fraction of sp³-hybridized carbons (Fsp3) is 0.636. The minimum absolute atomic E-state index is 0.515. The fourth-order valence-corrected chi connectivity index (χ4v) is 1.87. The van der Waals surface area contributed by atoms with Crippen LogP contribution in [0.25, 0.3) is 0 Å². The Morgan fingerprint density at radius 1 is 0.842 bits per heavy atom. The molecule has 4 N–H and O–H groups in total. The Labute approximate surface area is 109 Å². The van der Waals surface area contributed by atoms with Crippen molar-refractivity contribution in [1.82, 2.24) is 0 Å². The Hall–Kier alpha value is -2.12. The Morgan fingerprint density at radius 3 is 1.53 bits per heavy atom. The SMILES string of the molecule is NC(=O)CC(=O)OC1CCCC1OC(=O)CC(N)=O. The molecule has 1 aliphatic rings. The van der Waals surface area contributed by atoms with Gasteiger partial charge in [0.25, 0.3) is 0 Å². The molecule has 1 saturated carbocycles. The van der Waals surface area contributed by atoms with E-state index in [0.717, 1.165) is 0 Å². The molecule has 0 spiro atoms. The molecule has 2 unspecified atom stereocenters. The van der Waals surface area contributed by atoms with Gasteiger partial charge in [-0.15, -0.1) is 0 Å². The van der Waals surface area contributed by atoms with Crippen molar-refractivity contribution >= 4 is 23.8 Å². The quantitative estimate of drug-likeness (QED) is 0.457. The van der Waals surface area contributed by atoms with Crippen LogP contribution in [0.1, 0.15) is 32.1 Å². The van der Waals surface area contributed by atoms with E-state index in [2.05, 4.69) is 0 Å². The van der Waals surface area contributed by atoms with Crippen molar-refractivity contribution in [1.29, 1.82) is 0 Å². The van der Waals surface area contributed by atoms with Gasteiger partial charge in [0.15, 0.2) is 0 Å². The van der Waals surface area contributed by atoms with Gasteiger partial charge < -0.3 is 20.9 Å². The summed E-state index contributed by atoms with van der Waals surface area (Å²) >= 11 is 0. The molecule has 0 aliphatic heterocycles. The highest BCUT2D eigenvalue weighted by molar-refractivity contribution is 5.94. The number of ether oxygens (including phenoxy) is 2. The number of primary amides is 2. The molecule has 19 heavy (non-hydrogen) atoms. The summed E-state index contributed by atoms with van der Waals surface area (Å²) in [5.41, 5.74) is 9.72. The van der Waals surface area contributed by atoms with Crippen molar-refractivity contribution in [3.8, 4) is 0 Å². The summed E-state index contributed by atoms with van der Waals surface area (Å²) in [5.74, 6) is -3.08. The van der Waals surface area contributed by atoms with Crippen LogP contribution in [-0.2, 0) is 28.7 Å². The largest absolute Gasteiger partial charge is 0.458 e. The topological polar surface area (TPSA) is 139 Å². The number of carbonyl (C=O) groups excluding carboxylic acids is 4. The Kier molecular flexibility index (Phi) is 5.28. The molecule has 0 aromatic rings. The van der Waals surface area contributed by atoms with Crippen LogP contribution >= 0.6 is 0 Å². The monoisotopic (exact) mass is 272 g/mol. The van der Waals surface area contributed by atoms with Gasteiger partial charge in [-0.3, -0.25) is 19.2 Å². The second kappa shape index (κ2) is 6.72. The predicted octanol–water partition coefficient (Wildman–Crippen LogP) is -1.26. The number of hydrogen-bond acceptors (Lipinski definition) is 6. The predicted molar refractivity (Wildman–Crippen MR) is 61.2 cm³/mol. The Balaban J connectivity index is 2.45. The van der Waals surface area contributed by atoms with Gasteiger partial charge in [-0.05, 0) is 19.3 Å². The molecule has 8 heteroatoms. The van der Waals surface area contributed by atoms with E-state index in [1.54, 1.807) is 0 Å². The standard InChI is InChI=1S/C11H16N2O6/c12-8(14)4-10(16)18-6-2-1-3-7(6)19-11(17)5-9(13)15/h6-7H,1-5H2,(H2,12,14)(H2,13,15). The molecule has 0 aromatic heterocycles. The highest BCUT2D eigenvalue weighted by Gasteiger charge is 2.33. The first kappa shape index (κ1) is 14.9. The third kappa shape index (κ3) is 5.36. The van der Waals surface area contributed by atoms with Crippen LogP contribution < -0.4 is 11.5 Å². The average molecular weight is 272 g/mol. The fourth-order valence-electron chi connectivity index (χ4n) is 1.87. The van der Waals surface area contributed by atoms with E-state index in [1.165, 1.54) is 0 Å². The van der Waals surface area contributed by atoms with Crippen LogP contribution in [0.2, 0.25) is 0 Å². The van der Waals surface area contributed by atoms with Gasteiger partial charge in [-0.25, -0.2) is 0 Å². The van der Waals surface area contributed by atoms with E-state index in [0.29, 0.717) is 19.3 Å². The first-order valence-electron chi connectivity index (χ1n) is 5.84. The molecular weight excluding hydrogens is 256 g/mol. The van der Waals surface area contributed by atoms with Crippen molar-refractivity contribution < 1.29 is 28.7 Å². The normalized spacial score (nSPS) is 21.7. The Bertz CT molecular complexity index is 359. The first-order chi connectivity index (χ1) is 8.88. The lowest BCUT2D eigenvalue weighted by Crippen LogP contribution is -2.33. The van der Waals surface area contributed by atoms with Crippen molar-refractivity contribution in [3.05, 3.63) is 0 Å². The summed E-state index contributed by atoms with van der Waals surface area (Å²) in [5, 5.41) is 0. The first-order valence-corrected chi connectivity index (χ1v) is 5.84. The molecule has 2 amide bonds. The minimum atomic E-state index is -0.787. The summed E-state index contributed by atoms with van der Waals surface area (Å²) in [6.07, 6.45) is -0.481. The number of nitrogens with two attached hydrogens (primary N) is 2. The van der Waals surface area contributed by atoms with E-state index < -0.39 is 48.8 Å². The molecule has 1 fully saturated rings. The van der Waals surface area contributed by atoms with Crippen molar-refractivity contribution in [3.63, 3.8) is 0 Å². The molecule has 0 aromatic carbocycles. The van der Waals surface area contributed by atoms with E-state index in [9.17, 15) is 19.2 Å². The molecular formula is C11H16N2O6. The highest BCUT2D eigenvalue weighted by atomic mass is 16.6. The summed E-state index contributed by atoms with van der Waals surface area (Å²) < 4.78 is 10.0. The summed E-state index contributed by atoms with van der Waals surface area (Å²) in [7, 11) is 0. The van der Waals surface area contributed by atoms with Crippen molar-refractivity contribution in [2.75, 3.05) is 0 Å². The number of rotatable bonds is 6. The lowest BCUT2D eigenvalue weighted by molar-refractivity contribution is -0.166. The third-order valence-electron chi connectivity index (χ3n) is 2.59. The molecule has 0 bridgehead atoms. The van der Waals surface area contributed by atoms with E-state index >= 15 is 0 Å². The van der Waals surface area contributed by atoms with Crippen LogP contribution in [0.15, 0.2) is 0 Å². The van der Waals surface area contributed by atoms with Crippen LogP contribution in [0.5, 0.6) is 0 Å². The summed E-state index contributed by atoms with van der Waals surface area (Å²) in [6.45, 7) is 0. The minimum Gasteiger partial charge on any atom is -0.458 e. The zero-order valence-corrected chi connectivity index (χ0v) is 10.3. The molecule has 2 atom stereocenters. The van der Waals surface area contributed by atoms with Gasteiger partial charge in [0.05, 0.1) is 0 Å². The molecule has 1 aliphatic carbocycles. The van der Waals surface area contributed by atoms with Gasteiger partial charge in [0, 0.05) is 0 Å². The lowest BCUT2D eigenvalue weighted by atomic mass is 10.2. The number of amides is 2. The van der Waals surface area contributed by atoms with Crippen LogP contribution in [0, 0.1) is 0 Å². The van der Waals surface area contributed by atoms with Crippen LogP contribution in [-0.4, -0.2) is 36.0 Å². The summed E-state index contributed by atoms with van der Waals surface area (Å²) in [6, 6.07) is 0. The maximum atomic E-state index is 11.3. The molecule has 0 saturated heterocycles. The summed E-state index contributed by atoms with van der Waals surface area (Å²) in [4.78, 5) is 43.7. The number of carbonyl (C=O) groups is 4. The third-order valence-corrected chi connectivity index (χ3v) is 2.59. The second-order valence-corrected chi connectivity index (χ2v) is 4.27. The van der Waals surface area contributed by atoms with E-state index in [1.807, 2.05) is 0 Å². The lowest BCUT2D eigenvalue weighted by Gasteiger charge is -2.20. The smallest absolute Gasteiger partial charge is 0.315 e. The maximum absolute atomic E-state index is 11.3. The molecule has 106 valence electrons. The second-order valence-electron chi connectivity index (χ2n) is 4.27.